The van der Waals surface area contributed by atoms with Gasteiger partial charge in [0.25, 0.3) is 0 Å². The number of aliphatic hydroxyl groups excluding tert-OH is 2. The lowest BCUT2D eigenvalue weighted by atomic mass is 10.1. The van der Waals surface area contributed by atoms with Gasteiger partial charge in [-0.2, -0.15) is 17.0 Å². The van der Waals surface area contributed by atoms with Gasteiger partial charge in [-0.15, -0.1) is 0 Å². The fraction of sp³-hybridized carbons (Fsp3) is 0.444. The summed E-state index contributed by atoms with van der Waals surface area (Å²) in [7, 11) is 0. The van der Waals surface area contributed by atoms with E-state index >= 15 is 0 Å². The molecular weight excluding hydrogens is 205 g/mol. The SMILES string of the molecule is Cc1cc(C(O)C(O)CS)cnc1F. The third-order valence-electron chi connectivity index (χ3n) is 1.93. The van der Waals surface area contributed by atoms with E-state index in [2.05, 4.69) is 17.6 Å². The second-order valence-electron chi connectivity index (χ2n) is 3.07. The fourth-order valence-electron chi connectivity index (χ4n) is 1.06. The highest BCUT2D eigenvalue weighted by Crippen LogP contribution is 2.18. The van der Waals surface area contributed by atoms with Crippen molar-refractivity contribution in [1.82, 2.24) is 4.98 Å². The van der Waals surface area contributed by atoms with E-state index < -0.39 is 18.2 Å². The summed E-state index contributed by atoms with van der Waals surface area (Å²) < 4.78 is 12.8. The predicted octanol–water partition coefficient (Wildman–Crippen LogP) is 0.853. The Morgan fingerprint density at radius 1 is 1.57 bits per heavy atom. The second-order valence-corrected chi connectivity index (χ2v) is 3.44. The molecule has 78 valence electrons. The first-order chi connectivity index (χ1) is 6.56. The van der Waals surface area contributed by atoms with Gasteiger partial charge >= 0.3 is 0 Å². The molecule has 0 saturated carbocycles. The number of rotatable bonds is 3. The zero-order chi connectivity index (χ0) is 10.7. The zero-order valence-corrected chi connectivity index (χ0v) is 8.58. The van der Waals surface area contributed by atoms with Gasteiger partial charge < -0.3 is 10.2 Å². The minimum atomic E-state index is -1.07. The average molecular weight is 217 g/mol. The van der Waals surface area contributed by atoms with Crippen LogP contribution >= 0.6 is 12.6 Å². The molecule has 1 aromatic rings. The number of pyridine rings is 1. The summed E-state index contributed by atoms with van der Waals surface area (Å²) in [6.07, 6.45) is -0.830. The number of hydrogen-bond acceptors (Lipinski definition) is 4. The van der Waals surface area contributed by atoms with Crippen molar-refractivity contribution in [1.29, 1.82) is 0 Å². The van der Waals surface area contributed by atoms with Gasteiger partial charge in [-0.3, -0.25) is 0 Å². The Morgan fingerprint density at radius 2 is 2.21 bits per heavy atom. The first-order valence-electron chi connectivity index (χ1n) is 4.15. The Morgan fingerprint density at radius 3 is 2.71 bits per heavy atom. The molecule has 0 saturated heterocycles. The molecule has 0 aliphatic carbocycles. The van der Waals surface area contributed by atoms with Crippen LogP contribution in [0, 0.1) is 12.9 Å². The highest BCUT2D eigenvalue weighted by atomic mass is 32.1. The second kappa shape index (κ2) is 4.72. The maximum absolute atomic E-state index is 12.8. The molecule has 5 heteroatoms. The van der Waals surface area contributed by atoms with Gasteiger partial charge in [-0.25, -0.2) is 4.98 Å². The van der Waals surface area contributed by atoms with Gasteiger partial charge in [-0.05, 0) is 13.0 Å². The topological polar surface area (TPSA) is 53.4 Å². The molecule has 0 fully saturated rings. The van der Waals surface area contributed by atoms with E-state index in [-0.39, 0.29) is 5.75 Å². The van der Waals surface area contributed by atoms with E-state index in [4.69, 9.17) is 0 Å². The Balaban J connectivity index is 2.91. The van der Waals surface area contributed by atoms with Crippen LogP contribution in [0.5, 0.6) is 0 Å². The Labute approximate surface area is 87.0 Å². The van der Waals surface area contributed by atoms with Crippen molar-refractivity contribution >= 4 is 12.6 Å². The number of nitrogens with zero attached hydrogens (tertiary/aromatic N) is 1. The van der Waals surface area contributed by atoms with Crippen LogP contribution in [0.1, 0.15) is 17.2 Å². The molecule has 0 aromatic carbocycles. The van der Waals surface area contributed by atoms with Crippen LogP contribution in [0.25, 0.3) is 0 Å². The summed E-state index contributed by atoms with van der Waals surface area (Å²) in [5, 5.41) is 18.8. The molecule has 0 spiro atoms. The van der Waals surface area contributed by atoms with Crippen molar-refractivity contribution in [2.24, 2.45) is 0 Å². The molecule has 2 atom stereocenters. The highest BCUT2D eigenvalue weighted by molar-refractivity contribution is 7.80. The Kier molecular flexibility index (Phi) is 3.86. The third-order valence-corrected chi connectivity index (χ3v) is 2.30. The molecule has 0 amide bonds. The summed E-state index contributed by atoms with van der Waals surface area (Å²) >= 11 is 3.85. The lowest BCUT2D eigenvalue weighted by Crippen LogP contribution is -2.20. The number of thiol groups is 1. The van der Waals surface area contributed by atoms with E-state index in [0.29, 0.717) is 11.1 Å². The van der Waals surface area contributed by atoms with Gasteiger partial charge in [0.1, 0.15) is 6.10 Å². The molecule has 0 bridgehead atoms. The van der Waals surface area contributed by atoms with Crippen LogP contribution in [0.4, 0.5) is 4.39 Å². The van der Waals surface area contributed by atoms with Crippen molar-refractivity contribution < 1.29 is 14.6 Å². The van der Waals surface area contributed by atoms with Crippen molar-refractivity contribution in [3.8, 4) is 0 Å². The van der Waals surface area contributed by atoms with Crippen LogP contribution in [0.2, 0.25) is 0 Å². The quantitative estimate of drug-likeness (QED) is 0.520. The lowest BCUT2D eigenvalue weighted by molar-refractivity contribution is 0.0334. The van der Waals surface area contributed by atoms with Crippen LogP contribution in [0.3, 0.4) is 0 Å². The van der Waals surface area contributed by atoms with Crippen LogP contribution in [-0.4, -0.2) is 27.1 Å². The molecule has 1 rings (SSSR count). The molecule has 2 N–H and O–H groups in total. The number of aliphatic hydroxyl groups is 2. The summed E-state index contributed by atoms with van der Waals surface area (Å²) in [5.41, 5.74) is 0.735. The van der Waals surface area contributed by atoms with E-state index in [1.54, 1.807) is 6.92 Å². The molecular formula is C9H12FNO2S. The molecule has 0 radical (unpaired) electrons. The van der Waals surface area contributed by atoms with Gasteiger partial charge in [0.2, 0.25) is 5.95 Å². The van der Waals surface area contributed by atoms with E-state index in [1.165, 1.54) is 12.3 Å². The van der Waals surface area contributed by atoms with Crippen LogP contribution in [0.15, 0.2) is 12.3 Å². The monoisotopic (exact) mass is 217 g/mol. The summed E-state index contributed by atoms with van der Waals surface area (Å²) in [5.74, 6) is -0.432. The molecule has 1 aromatic heterocycles. The minimum absolute atomic E-state index is 0.136. The number of hydrogen-bond donors (Lipinski definition) is 3. The molecule has 3 nitrogen and oxygen atoms in total. The fourth-order valence-corrected chi connectivity index (χ4v) is 1.26. The van der Waals surface area contributed by atoms with Crippen molar-refractivity contribution in [2.45, 2.75) is 19.1 Å². The van der Waals surface area contributed by atoms with Crippen molar-refractivity contribution in [3.05, 3.63) is 29.3 Å². The van der Waals surface area contributed by atoms with Crippen molar-refractivity contribution in [2.75, 3.05) is 5.75 Å². The molecule has 2 unspecified atom stereocenters. The van der Waals surface area contributed by atoms with Gasteiger partial charge in [0, 0.05) is 23.1 Å². The summed E-state index contributed by atoms with van der Waals surface area (Å²) in [4.78, 5) is 3.45. The van der Waals surface area contributed by atoms with Crippen LogP contribution in [-0.2, 0) is 0 Å². The lowest BCUT2D eigenvalue weighted by Gasteiger charge is -2.15. The maximum atomic E-state index is 12.8. The smallest absolute Gasteiger partial charge is 0.215 e. The first-order valence-corrected chi connectivity index (χ1v) is 4.78. The Bertz CT molecular complexity index is 322. The van der Waals surface area contributed by atoms with Gasteiger partial charge in [0.15, 0.2) is 0 Å². The standard InChI is InChI=1S/C9H12FNO2S/c1-5-2-6(3-11-9(5)10)8(13)7(12)4-14/h2-3,7-8,12-14H,4H2,1H3. The van der Waals surface area contributed by atoms with Gasteiger partial charge in [0.05, 0.1) is 6.10 Å². The molecule has 0 aliphatic rings. The average Bonchev–Trinajstić information content (AvgIpc) is 2.20. The first kappa shape index (κ1) is 11.4. The zero-order valence-electron chi connectivity index (χ0n) is 7.68. The normalized spacial score (nSPS) is 15.2. The third kappa shape index (κ3) is 2.43. The number of aromatic nitrogens is 1. The number of aryl methyl sites for hydroxylation is 1. The summed E-state index contributed by atoms with van der Waals surface area (Å²) in [6.45, 7) is 1.55. The van der Waals surface area contributed by atoms with Crippen LogP contribution < -0.4 is 0 Å². The largest absolute Gasteiger partial charge is 0.389 e. The van der Waals surface area contributed by atoms with E-state index in [1.807, 2.05) is 0 Å². The van der Waals surface area contributed by atoms with Gasteiger partial charge in [-0.1, -0.05) is 0 Å². The molecule has 14 heavy (non-hydrogen) atoms. The predicted molar refractivity (Wildman–Crippen MR) is 53.8 cm³/mol. The molecule has 0 aliphatic heterocycles. The van der Waals surface area contributed by atoms with Crippen molar-refractivity contribution in [3.63, 3.8) is 0 Å². The van der Waals surface area contributed by atoms with E-state index in [9.17, 15) is 14.6 Å². The maximum Gasteiger partial charge on any atom is 0.215 e. The highest BCUT2D eigenvalue weighted by Gasteiger charge is 2.17. The molecule has 1 heterocycles. The minimum Gasteiger partial charge on any atom is -0.389 e. The Hall–Kier alpha value is -0.650. The number of halogens is 1. The van der Waals surface area contributed by atoms with E-state index in [0.717, 1.165) is 0 Å². The summed E-state index contributed by atoms with van der Waals surface area (Å²) in [6, 6.07) is 1.46.